The molecular formula is C19H25N2O2+. The van der Waals surface area contributed by atoms with E-state index < -0.39 is 0 Å². The van der Waals surface area contributed by atoms with E-state index in [-0.39, 0.29) is 5.91 Å². The molecule has 4 nitrogen and oxygen atoms in total. The number of hydrogen-bond donors (Lipinski definition) is 2. The standard InChI is InChI=1S/C19H24N2O2/c1-4-23-18-11-9-17(10-12-18)20-19(22)14-21(3)13-16-7-5-15(2)6-8-16/h5-12H,4,13-14H2,1-3H3,(H,20,22)/p+1. The lowest BCUT2D eigenvalue weighted by Gasteiger charge is -2.14. The molecule has 0 aliphatic heterocycles. The van der Waals surface area contributed by atoms with Crippen molar-refractivity contribution in [3.63, 3.8) is 0 Å². The molecule has 0 fully saturated rings. The van der Waals surface area contributed by atoms with Crippen molar-refractivity contribution in [3.05, 3.63) is 59.7 Å². The van der Waals surface area contributed by atoms with Crippen LogP contribution in [0.4, 0.5) is 5.69 Å². The molecule has 0 saturated heterocycles. The highest BCUT2D eigenvalue weighted by atomic mass is 16.5. The summed E-state index contributed by atoms with van der Waals surface area (Å²) in [6.45, 7) is 5.92. The fourth-order valence-electron chi connectivity index (χ4n) is 2.40. The van der Waals surface area contributed by atoms with Gasteiger partial charge in [0.15, 0.2) is 6.54 Å². The Morgan fingerprint density at radius 1 is 1.09 bits per heavy atom. The Morgan fingerprint density at radius 2 is 1.74 bits per heavy atom. The lowest BCUT2D eigenvalue weighted by Crippen LogP contribution is -3.08. The highest BCUT2D eigenvalue weighted by Crippen LogP contribution is 2.15. The second-order valence-electron chi connectivity index (χ2n) is 5.80. The maximum Gasteiger partial charge on any atom is 0.279 e. The average molecular weight is 313 g/mol. The van der Waals surface area contributed by atoms with Crippen molar-refractivity contribution < 1.29 is 14.4 Å². The molecule has 2 aromatic rings. The van der Waals surface area contributed by atoms with Crippen molar-refractivity contribution in [3.8, 4) is 5.75 Å². The molecule has 0 saturated carbocycles. The molecule has 2 aromatic carbocycles. The van der Waals surface area contributed by atoms with Gasteiger partial charge >= 0.3 is 0 Å². The minimum atomic E-state index is 0.0128. The first kappa shape index (κ1) is 17.0. The van der Waals surface area contributed by atoms with Crippen LogP contribution >= 0.6 is 0 Å². The summed E-state index contributed by atoms with van der Waals surface area (Å²) in [5.74, 6) is 0.825. The molecule has 4 heteroatoms. The Kier molecular flexibility index (Phi) is 6.18. The van der Waals surface area contributed by atoms with Gasteiger partial charge in [0, 0.05) is 11.3 Å². The van der Waals surface area contributed by atoms with E-state index in [1.54, 1.807) is 0 Å². The lowest BCUT2D eigenvalue weighted by molar-refractivity contribution is -0.885. The van der Waals surface area contributed by atoms with Gasteiger partial charge in [0.2, 0.25) is 0 Å². The molecule has 2 N–H and O–H groups in total. The van der Waals surface area contributed by atoms with Crippen molar-refractivity contribution in [2.45, 2.75) is 20.4 Å². The second-order valence-corrected chi connectivity index (χ2v) is 5.80. The molecule has 122 valence electrons. The summed E-state index contributed by atoms with van der Waals surface area (Å²) < 4.78 is 5.39. The number of hydrogen-bond acceptors (Lipinski definition) is 2. The molecule has 1 unspecified atom stereocenters. The van der Waals surface area contributed by atoms with Crippen LogP contribution in [-0.2, 0) is 11.3 Å². The molecule has 2 rings (SSSR count). The zero-order valence-corrected chi connectivity index (χ0v) is 14.1. The molecule has 0 aromatic heterocycles. The summed E-state index contributed by atoms with van der Waals surface area (Å²) in [5.41, 5.74) is 3.28. The molecule has 0 bridgehead atoms. The summed E-state index contributed by atoms with van der Waals surface area (Å²) in [7, 11) is 2.03. The van der Waals surface area contributed by atoms with E-state index in [2.05, 4.69) is 36.5 Å². The maximum absolute atomic E-state index is 12.1. The largest absolute Gasteiger partial charge is 0.494 e. The van der Waals surface area contributed by atoms with Crippen molar-refractivity contribution in [1.29, 1.82) is 0 Å². The lowest BCUT2D eigenvalue weighted by atomic mass is 10.1. The number of aryl methyl sites for hydroxylation is 1. The van der Waals surface area contributed by atoms with Crippen molar-refractivity contribution in [2.75, 3.05) is 25.5 Å². The van der Waals surface area contributed by atoms with Crippen LogP contribution in [0, 0.1) is 6.92 Å². The summed E-state index contributed by atoms with van der Waals surface area (Å²) >= 11 is 0. The Labute approximate surface area is 138 Å². The third-order valence-corrected chi connectivity index (χ3v) is 3.54. The molecule has 1 amide bonds. The van der Waals surface area contributed by atoms with Crippen LogP contribution in [0.5, 0.6) is 5.75 Å². The number of amides is 1. The zero-order chi connectivity index (χ0) is 16.7. The quantitative estimate of drug-likeness (QED) is 0.821. The molecular weight excluding hydrogens is 288 g/mol. The number of benzene rings is 2. The van der Waals surface area contributed by atoms with Crippen molar-refractivity contribution in [2.24, 2.45) is 0 Å². The Morgan fingerprint density at radius 3 is 2.35 bits per heavy atom. The molecule has 1 atom stereocenters. The summed E-state index contributed by atoms with van der Waals surface area (Å²) in [5, 5.41) is 2.92. The van der Waals surface area contributed by atoms with Gasteiger partial charge in [0.1, 0.15) is 12.3 Å². The maximum atomic E-state index is 12.1. The highest BCUT2D eigenvalue weighted by Gasteiger charge is 2.11. The van der Waals surface area contributed by atoms with E-state index in [1.807, 2.05) is 38.2 Å². The Balaban J connectivity index is 1.82. The number of carbonyl (C=O) groups is 1. The first-order valence-corrected chi connectivity index (χ1v) is 7.96. The van der Waals surface area contributed by atoms with E-state index in [0.717, 1.165) is 22.9 Å². The third kappa shape index (κ3) is 5.75. The van der Waals surface area contributed by atoms with E-state index >= 15 is 0 Å². The first-order chi connectivity index (χ1) is 11.1. The smallest absolute Gasteiger partial charge is 0.279 e. The van der Waals surface area contributed by atoms with E-state index in [0.29, 0.717) is 13.2 Å². The summed E-state index contributed by atoms with van der Waals surface area (Å²) in [6.07, 6.45) is 0. The topological polar surface area (TPSA) is 42.8 Å². The highest BCUT2D eigenvalue weighted by molar-refractivity contribution is 5.91. The normalized spacial score (nSPS) is 11.8. The number of anilines is 1. The molecule has 23 heavy (non-hydrogen) atoms. The van der Waals surface area contributed by atoms with Gasteiger partial charge in [0.25, 0.3) is 5.91 Å². The Bertz CT molecular complexity index is 621. The van der Waals surface area contributed by atoms with Crippen LogP contribution < -0.4 is 15.0 Å². The van der Waals surface area contributed by atoms with Gasteiger partial charge in [-0.1, -0.05) is 29.8 Å². The minimum Gasteiger partial charge on any atom is -0.494 e. The van der Waals surface area contributed by atoms with Crippen LogP contribution in [0.3, 0.4) is 0 Å². The SMILES string of the molecule is CCOc1ccc(NC(=O)C[NH+](C)Cc2ccc(C)cc2)cc1. The van der Waals surface area contributed by atoms with Crippen LogP contribution in [0.1, 0.15) is 18.1 Å². The average Bonchev–Trinajstić information content (AvgIpc) is 2.51. The van der Waals surface area contributed by atoms with Crippen molar-refractivity contribution in [1.82, 2.24) is 0 Å². The fourth-order valence-corrected chi connectivity index (χ4v) is 2.40. The minimum absolute atomic E-state index is 0.0128. The van der Waals surface area contributed by atoms with Gasteiger partial charge in [-0.3, -0.25) is 4.79 Å². The van der Waals surface area contributed by atoms with Gasteiger partial charge in [-0.15, -0.1) is 0 Å². The fraction of sp³-hybridized carbons (Fsp3) is 0.316. The Hall–Kier alpha value is -2.33. The predicted molar refractivity (Wildman–Crippen MR) is 92.9 cm³/mol. The predicted octanol–water partition coefficient (Wildman–Crippen LogP) is 2.05. The number of nitrogens with one attached hydrogen (secondary N) is 2. The van der Waals surface area contributed by atoms with Gasteiger partial charge in [-0.2, -0.15) is 0 Å². The molecule has 0 radical (unpaired) electrons. The van der Waals surface area contributed by atoms with Gasteiger partial charge in [-0.25, -0.2) is 0 Å². The van der Waals surface area contributed by atoms with E-state index in [1.165, 1.54) is 11.1 Å². The number of quaternary nitrogens is 1. The van der Waals surface area contributed by atoms with Gasteiger partial charge in [-0.05, 0) is 38.1 Å². The number of likely N-dealkylation sites (N-methyl/N-ethyl adjacent to an activating group) is 1. The van der Waals surface area contributed by atoms with E-state index in [9.17, 15) is 4.79 Å². The number of rotatable bonds is 7. The van der Waals surface area contributed by atoms with Crippen LogP contribution in [0.15, 0.2) is 48.5 Å². The third-order valence-electron chi connectivity index (χ3n) is 3.54. The molecule has 0 aliphatic rings. The first-order valence-electron chi connectivity index (χ1n) is 7.96. The number of carbonyl (C=O) groups excluding carboxylic acids is 1. The molecule has 0 aliphatic carbocycles. The monoisotopic (exact) mass is 313 g/mol. The summed E-state index contributed by atoms with van der Waals surface area (Å²) in [4.78, 5) is 13.3. The zero-order valence-electron chi connectivity index (χ0n) is 14.1. The van der Waals surface area contributed by atoms with Crippen LogP contribution in [0.2, 0.25) is 0 Å². The molecule has 0 heterocycles. The van der Waals surface area contributed by atoms with Crippen molar-refractivity contribution >= 4 is 11.6 Å². The van der Waals surface area contributed by atoms with Crippen LogP contribution in [0.25, 0.3) is 0 Å². The number of ether oxygens (including phenoxy) is 1. The molecule has 0 spiro atoms. The second kappa shape index (κ2) is 8.34. The van der Waals surface area contributed by atoms with Gasteiger partial charge < -0.3 is 15.0 Å². The summed E-state index contributed by atoms with van der Waals surface area (Å²) in [6, 6.07) is 15.9. The van der Waals surface area contributed by atoms with E-state index in [4.69, 9.17) is 4.74 Å². The van der Waals surface area contributed by atoms with Crippen LogP contribution in [-0.4, -0.2) is 26.1 Å². The van der Waals surface area contributed by atoms with Gasteiger partial charge in [0.05, 0.1) is 13.7 Å².